The lowest BCUT2D eigenvalue weighted by Crippen LogP contribution is -2.41. The zero-order valence-electron chi connectivity index (χ0n) is 14.4. The fraction of sp³-hybridized carbons (Fsp3) is 0.786. The Morgan fingerprint density at radius 3 is 2.32 bits per heavy atom. The van der Waals surface area contributed by atoms with E-state index >= 15 is 0 Å². The van der Waals surface area contributed by atoms with Gasteiger partial charge in [-0.25, -0.2) is 0 Å². The fourth-order valence-electron chi connectivity index (χ4n) is 2.20. The summed E-state index contributed by atoms with van der Waals surface area (Å²) in [6, 6.07) is 0. The largest absolute Gasteiger partial charge is 0.486 e. The molecule has 0 aliphatic carbocycles. The van der Waals surface area contributed by atoms with Crippen LogP contribution in [0.1, 0.15) is 47.0 Å². The van der Waals surface area contributed by atoms with Crippen LogP contribution < -0.4 is 0 Å². The highest BCUT2D eigenvalue weighted by atomic mass is 16.7. The molecule has 0 spiro atoms. The van der Waals surface area contributed by atoms with Crippen molar-refractivity contribution in [2.24, 2.45) is 0 Å². The van der Waals surface area contributed by atoms with Gasteiger partial charge in [-0.1, -0.05) is 12.1 Å². The molecule has 0 atom stereocenters. The quantitative estimate of drug-likeness (QED) is 0.398. The molecule has 1 aliphatic heterocycles. The maximum absolute atomic E-state index is 10.5. The van der Waals surface area contributed by atoms with Crippen LogP contribution in [0.4, 0.5) is 0 Å². The Morgan fingerprint density at radius 2 is 1.82 bits per heavy atom. The van der Waals surface area contributed by atoms with Crippen LogP contribution in [0.2, 0.25) is 6.82 Å². The molecule has 0 saturated carbocycles. The van der Waals surface area contributed by atoms with Crippen LogP contribution in [-0.4, -0.2) is 55.3 Å². The Kier molecular flexibility index (Phi) is 7.39. The summed E-state index contributed by atoms with van der Waals surface area (Å²) in [5.41, 5.74) is -0.602. The van der Waals surface area contributed by atoms with Crippen molar-refractivity contribution in [1.82, 2.24) is 4.72 Å². The highest BCUT2D eigenvalue weighted by Crippen LogP contribution is 2.36. The van der Waals surface area contributed by atoms with Crippen molar-refractivity contribution in [3.05, 3.63) is 12.1 Å². The molecule has 1 saturated heterocycles. The predicted octanol–water partition coefficient (Wildman–Crippen LogP) is 1.57. The van der Waals surface area contributed by atoms with Gasteiger partial charge in [0.25, 0.3) is 7.41 Å². The Labute approximate surface area is 136 Å². The molecule has 121 valence electrons. The fourth-order valence-corrected chi connectivity index (χ4v) is 2.20. The summed E-state index contributed by atoms with van der Waals surface area (Å²) in [6.07, 6.45) is 5.57. The van der Waals surface area contributed by atoms with Crippen molar-refractivity contribution in [3.8, 4) is 0 Å². The second kappa shape index (κ2) is 8.34. The molecule has 1 radical (unpaired) electrons. The Balaban J connectivity index is 2.24. The van der Waals surface area contributed by atoms with Gasteiger partial charge in [0.05, 0.1) is 17.4 Å². The second-order valence-corrected chi connectivity index (χ2v) is 6.70. The maximum atomic E-state index is 10.5. The Bertz CT molecular complexity index is 372. The van der Waals surface area contributed by atoms with Crippen LogP contribution in [0.15, 0.2) is 12.1 Å². The molecule has 0 amide bonds. The molecule has 1 rings (SSSR count). The molecule has 0 bridgehead atoms. The minimum Gasteiger partial charge on any atom is -0.438 e. The van der Waals surface area contributed by atoms with E-state index in [1.807, 2.05) is 33.7 Å². The molecule has 1 heterocycles. The van der Waals surface area contributed by atoms with Crippen molar-refractivity contribution in [1.29, 1.82) is 0 Å². The van der Waals surface area contributed by atoms with Crippen LogP contribution in [0.3, 0.4) is 0 Å². The van der Waals surface area contributed by atoms with E-state index in [2.05, 4.69) is 6.08 Å². The summed E-state index contributed by atoms with van der Waals surface area (Å²) in [5.74, 6) is 1.96. The zero-order valence-corrected chi connectivity index (χ0v) is 14.4. The van der Waals surface area contributed by atoms with Crippen molar-refractivity contribution in [2.45, 2.75) is 65.0 Å². The van der Waals surface area contributed by atoms with Gasteiger partial charge in [-0.3, -0.25) is 0 Å². The zero-order chi connectivity index (χ0) is 16.8. The average Bonchev–Trinajstić information content (AvgIpc) is 2.60. The summed E-state index contributed by atoms with van der Waals surface area (Å²) in [7, 11) is 0.457. The van der Waals surface area contributed by atoms with Crippen molar-refractivity contribution >= 4 is 27.8 Å². The van der Waals surface area contributed by atoms with Crippen molar-refractivity contribution in [3.63, 3.8) is 0 Å². The Morgan fingerprint density at radius 1 is 1.23 bits per heavy atom. The van der Waals surface area contributed by atoms with Crippen LogP contribution in [0, 0.1) is 0 Å². The number of carbonyl (C=O) groups is 1. The van der Waals surface area contributed by atoms with Gasteiger partial charge in [0, 0.05) is 0 Å². The van der Waals surface area contributed by atoms with Gasteiger partial charge < -0.3 is 23.8 Å². The van der Waals surface area contributed by atoms with Gasteiger partial charge in [0.1, 0.15) is 0 Å². The number of unbranched alkanes of at least 4 members (excludes halogenated alkanes) is 2. The van der Waals surface area contributed by atoms with Gasteiger partial charge in [-0.2, -0.15) is 0 Å². The summed E-state index contributed by atoms with van der Waals surface area (Å²) in [4.78, 5) is 10.5. The summed E-state index contributed by atoms with van der Waals surface area (Å²) >= 11 is 0. The van der Waals surface area contributed by atoms with E-state index in [9.17, 15) is 9.82 Å². The van der Waals surface area contributed by atoms with Gasteiger partial charge >= 0.3 is 14.2 Å². The molecular weight excluding hydrogens is 279 g/mol. The molecule has 0 aromatic carbocycles. The monoisotopic (exact) mass is 306 g/mol. The number of rotatable bonds is 9. The number of nitrogens with zero attached hydrogens (tertiary/aromatic N) is 1. The molecule has 5 nitrogen and oxygen atoms in total. The first-order valence-electron chi connectivity index (χ1n) is 7.94. The molecule has 0 aromatic rings. The molecule has 22 heavy (non-hydrogen) atoms. The minimum atomic E-state index is -0.634. The van der Waals surface area contributed by atoms with E-state index in [1.165, 1.54) is 7.41 Å². The molecule has 0 unspecified atom stereocenters. The minimum absolute atomic E-state index is 0.289. The van der Waals surface area contributed by atoms with Crippen molar-refractivity contribution in [2.75, 3.05) is 6.54 Å². The average molecular weight is 306 g/mol. The number of carbonyl (C=O) groups excluding carboxylic acids is 1. The smallest absolute Gasteiger partial charge is 0.438 e. The first-order valence-corrected chi connectivity index (χ1v) is 7.94. The van der Waals surface area contributed by atoms with E-state index in [-0.39, 0.29) is 18.3 Å². The number of allylic oxidation sites excluding steroid dienone is 1. The van der Waals surface area contributed by atoms with Crippen LogP contribution in [0.25, 0.3) is 0 Å². The van der Waals surface area contributed by atoms with E-state index < -0.39 is 7.05 Å². The number of hydrogen-bond donors (Lipinski definition) is 1. The van der Waals surface area contributed by atoms with Gasteiger partial charge in [0.15, 0.2) is 0 Å². The highest BCUT2D eigenvalue weighted by Gasteiger charge is 2.49. The lowest BCUT2D eigenvalue weighted by molar-refractivity contribution is 0.00578. The van der Waals surface area contributed by atoms with E-state index in [1.54, 1.807) is 11.5 Å². The van der Waals surface area contributed by atoms with Gasteiger partial charge in [-0.15, -0.1) is 0 Å². The van der Waals surface area contributed by atoms with E-state index in [0.717, 1.165) is 19.3 Å². The molecular formula is C14H27B3NO4. The van der Waals surface area contributed by atoms with Crippen LogP contribution >= 0.6 is 0 Å². The summed E-state index contributed by atoms with van der Waals surface area (Å²) in [6.45, 7) is 10.5. The molecule has 1 N–H and O–H groups in total. The van der Waals surface area contributed by atoms with E-state index in [4.69, 9.17) is 9.31 Å². The van der Waals surface area contributed by atoms with Crippen molar-refractivity contribution < 1.29 is 19.1 Å². The summed E-state index contributed by atoms with van der Waals surface area (Å²) in [5, 5.41) is 9.48. The first kappa shape index (κ1) is 19.5. The molecule has 8 heteroatoms. The third-order valence-electron chi connectivity index (χ3n) is 4.33. The standard InChI is InChI=1S/C14H27B3NO4/c1-13(2)14(3,4)22-17(21-13)10-8-6-7-9-11-18(15-12-19)16(5)20/h8,10,12,20H,6-7,9,11H2,1-5H3/b10-8+. The normalized spacial score (nSPS) is 19.9. The highest BCUT2D eigenvalue weighted by molar-refractivity contribution is 6.73. The van der Waals surface area contributed by atoms with Gasteiger partial charge in [-0.05, 0) is 60.3 Å². The number of hydrogen-bond acceptors (Lipinski definition) is 5. The lowest BCUT2D eigenvalue weighted by Gasteiger charge is -2.32. The SMILES string of the molecule is CB(O)N([B]C=O)CCCC/C=C/B1OC(C)(C)C(C)(C)O1. The third-order valence-corrected chi connectivity index (χ3v) is 4.33. The van der Waals surface area contributed by atoms with Gasteiger partial charge in [0.2, 0.25) is 0 Å². The molecule has 0 aromatic heterocycles. The Hall–Kier alpha value is -0.555. The molecule has 1 fully saturated rings. The predicted molar refractivity (Wildman–Crippen MR) is 92.1 cm³/mol. The third kappa shape index (κ3) is 5.58. The molecule has 1 aliphatic rings. The topological polar surface area (TPSA) is 59.0 Å². The van der Waals surface area contributed by atoms with Crippen LogP contribution in [-0.2, 0) is 14.1 Å². The van der Waals surface area contributed by atoms with E-state index in [0.29, 0.717) is 12.7 Å². The first-order chi connectivity index (χ1) is 10.2. The second-order valence-electron chi connectivity index (χ2n) is 6.70. The summed E-state index contributed by atoms with van der Waals surface area (Å²) < 4.78 is 13.4. The maximum Gasteiger partial charge on any atom is 0.486 e. The van der Waals surface area contributed by atoms with Crippen LogP contribution in [0.5, 0.6) is 0 Å². The lowest BCUT2D eigenvalue weighted by atomic mass is 9.73.